The van der Waals surface area contributed by atoms with E-state index in [1.165, 1.54) is 10.5 Å². The Bertz CT molecular complexity index is 993. The van der Waals surface area contributed by atoms with Gasteiger partial charge in [-0.05, 0) is 65.2 Å². The maximum Gasteiger partial charge on any atom is 0.229 e. The molecule has 32 heavy (non-hydrogen) atoms. The highest BCUT2D eigenvalue weighted by Gasteiger charge is 2.20. The molecule has 0 aliphatic heterocycles. The summed E-state index contributed by atoms with van der Waals surface area (Å²) in [5.74, 6) is 1.65. The number of para-hydroxylation sites is 1. The zero-order chi connectivity index (χ0) is 22.2. The lowest BCUT2D eigenvalue weighted by atomic mass is 10.2. The van der Waals surface area contributed by atoms with Crippen molar-refractivity contribution in [3.63, 3.8) is 0 Å². The minimum Gasteiger partial charge on any atom is -0.492 e. The number of aryl methyl sites for hydroxylation is 1. The number of amides is 1. The summed E-state index contributed by atoms with van der Waals surface area (Å²) in [6, 6.07) is 14.4. The summed E-state index contributed by atoms with van der Waals surface area (Å²) in [6.07, 6.45) is 1.38. The summed E-state index contributed by atoms with van der Waals surface area (Å²) in [4.78, 5) is 23.2. The number of fused-ring (bicyclic) bond motifs is 1. The van der Waals surface area contributed by atoms with E-state index in [1.54, 1.807) is 23.1 Å². The highest BCUT2D eigenvalue weighted by atomic mass is 35.5. The number of hydrogen-bond donors (Lipinski definition) is 0. The third kappa shape index (κ3) is 7.37. The van der Waals surface area contributed by atoms with Gasteiger partial charge >= 0.3 is 0 Å². The largest absolute Gasteiger partial charge is 0.492 e. The van der Waals surface area contributed by atoms with Crippen LogP contribution in [0.15, 0.2) is 47.4 Å². The Morgan fingerprint density at radius 1 is 1.12 bits per heavy atom. The van der Waals surface area contributed by atoms with Crippen LogP contribution in [0.2, 0.25) is 0 Å². The number of aromatic nitrogens is 1. The second-order valence-corrected chi connectivity index (χ2v) is 9.82. The Morgan fingerprint density at radius 2 is 1.88 bits per heavy atom. The average molecular weight is 494 g/mol. The number of rotatable bonds is 11. The molecule has 0 fully saturated rings. The number of thioether (sulfide) groups is 1. The number of anilines is 1. The quantitative estimate of drug-likeness (QED) is 0.311. The molecule has 0 atom stereocenters. The van der Waals surface area contributed by atoms with Crippen molar-refractivity contribution in [3.05, 3.63) is 48.0 Å². The van der Waals surface area contributed by atoms with Crippen LogP contribution in [0.1, 0.15) is 25.3 Å². The first kappa shape index (κ1) is 26.5. The van der Waals surface area contributed by atoms with E-state index in [4.69, 9.17) is 9.72 Å². The molecular formula is C24H32ClN3O2S2. The van der Waals surface area contributed by atoms with Crippen molar-refractivity contribution >= 4 is 56.8 Å². The monoisotopic (exact) mass is 493 g/mol. The molecule has 2 aromatic carbocycles. The Morgan fingerprint density at radius 3 is 2.56 bits per heavy atom. The summed E-state index contributed by atoms with van der Waals surface area (Å²) in [6.45, 7) is 6.23. The van der Waals surface area contributed by atoms with Crippen LogP contribution < -0.4 is 9.64 Å². The lowest BCUT2D eigenvalue weighted by Crippen LogP contribution is -2.33. The van der Waals surface area contributed by atoms with Gasteiger partial charge in [0.15, 0.2) is 5.13 Å². The van der Waals surface area contributed by atoms with Crippen LogP contribution in [0.5, 0.6) is 5.75 Å². The van der Waals surface area contributed by atoms with Gasteiger partial charge in [0.1, 0.15) is 11.3 Å². The molecule has 0 unspecified atom stereocenters. The predicted molar refractivity (Wildman–Crippen MR) is 140 cm³/mol. The topological polar surface area (TPSA) is 45.7 Å². The van der Waals surface area contributed by atoms with Gasteiger partial charge in [0.05, 0.1) is 11.3 Å². The molecule has 0 saturated heterocycles. The van der Waals surface area contributed by atoms with E-state index in [1.807, 2.05) is 30.0 Å². The highest BCUT2D eigenvalue weighted by Crippen LogP contribution is 2.34. The van der Waals surface area contributed by atoms with E-state index < -0.39 is 0 Å². The van der Waals surface area contributed by atoms with Crippen LogP contribution in [-0.2, 0) is 4.79 Å². The summed E-state index contributed by atoms with van der Waals surface area (Å²) < 4.78 is 6.78. The molecule has 0 aliphatic carbocycles. The second kappa shape index (κ2) is 13.0. The third-order valence-corrected chi connectivity index (χ3v) is 6.85. The van der Waals surface area contributed by atoms with Gasteiger partial charge in [0.2, 0.25) is 5.91 Å². The molecule has 5 nitrogen and oxygen atoms in total. The molecule has 1 heterocycles. The Kier molecular flexibility index (Phi) is 10.8. The van der Waals surface area contributed by atoms with Crippen LogP contribution in [0.25, 0.3) is 10.2 Å². The van der Waals surface area contributed by atoms with Crippen molar-refractivity contribution in [1.29, 1.82) is 0 Å². The van der Waals surface area contributed by atoms with Crippen molar-refractivity contribution in [1.82, 2.24) is 9.88 Å². The molecule has 0 saturated carbocycles. The fourth-order valence-corrected chi connectivity index (χ4v) is 5.06. The first-order chi connectivity index (χ1) is 15.0. The van der Waals surface area contributed by atoms with Crippen molar-refractivity contribution in [2.24, 2.45) is 0 Å². The van der Waals surface area contributed by atoms with Crippen LogP contribution in [0.3, 0.4) is 0 Å². The summed E-state index contributed by atoms with van der Waals surface area (Å²) in [7, 11) is 4.10. The number of benzene rings is 2. The summed E-state index contributed by atoms with van der Waals surface area (Å²) in [5, 5.41) is 0.756. The molecule has 0 N–H and O–H groups in total. The van der Waals surface area contributed by atoms with Crippen molar-refractivity contribution in [2.45, 2.75) is 31.6 Å². The van der Waals surface area contributed by atoms with E-state index in [9.17, 15) is 4.79 Å². The number of carbonyl (C=O) groups is 1. The molecule has 1 aromatic heterocycles. The standard InChI is InChI=1S/C24H31N3O2S2.ClH/c1-5-29-20-8-6-9-21-23(20)25-24(31-21)27(16-7-15-26(3)4)22(28)14-17-30-19-12-10-18(2)11-13-19;/h6,8-13H,5,7,14-17H2,1-4H3;1H. The first-order valence-corrected chi connectivity index (χ1v) is 12.4. The molecule has 1 amide bonds. The van der Waals surface area contributed by atoms with Crippen LogP contribution >= 0.6 is 35.5 Å². The SMILES string of the molecule is CCOc1cccc2sc(N(CCCN(C)C)C(=O)CCSc3ccc(C)cc3)nc12.Cl. The van der Waals surface area contributed by atoms with Crippen LogP contribution in [-0.4, -0.2) is 55.3 Å². The van der Waals surface area contributed by atoms with E-state index in [-0.39, 0.29) is 18.3 Å². The normalized spacial score (nSPS) is 10.9. The molecule has 0 spiro atoms. The van der Waals surface area contributed by atoms with Crippen molar-refractivity contribution in [2.75, 3.05) is 44.4 Å². The zero-order valence-corrected chi connectivity index (χ0v) is 21.6. The molecule has 0 aliphatic rings. The van der Waals surface area contributed by atoms with Gasteiger partial charge in [0.25, 0.3) is 0 Å². The first-order valence-electron chi connectivity index (χ1n) is 10.6. The average Bonchev–Trinajstić information content (AvgIpc) is 3.17. The van der Waals surface area contributed by atoms with Gasteiger partial charge in [-0.15, -0.1) is 24.2 Å². The van der Waals surface area contributed by atoms with Gasteiger partial charge in [-0.2, -0.15) is 0 Å². The molecular weight excluding hydrogens is 462 g/mol. The molecule has 3 rings (SSSR count). The molecule has 174 valence electrons. The smallest absolute Gasteiger partial charge is 0.229 e. The minimum absolute atomic E-state index is 0. The minimum atomic E-state index is 0. The lowest BCUT2D eigenvalue weighted by Gasteiger charge is -2.21. The summed E-state index contributed by atoms with van der Waals surface area (Å²) >= 11 is 3.28. The molecule has 3 aromatic rings. The van der Waals surface area contributed by atoms with Gasteiger partial charge in [0, 0.05) is 23.6 Å². The number of halogens is 1. The number of carbonyl (C=O) groups excluding carboxylic acids is 1. The van der Waals surface area contributed by atoms with E-state index >= 15 is 0 Å². The fourth-order valence-electron chi connectivity index (χ4n) is 3.20. The maximum atomic E-state index is 13.2. The van der Waals surface area contributed by atoms with Crippen molar-refractivity contribution in [3.8, 4) is 5.75 Å². The Labute approximate surface area is 205 Å². The summed E-state index contributed by atoms with van der Waals surface area (Å²) in [5.41, 5.74) is 2.08. The van der Waals surface area contributed by atoms with Crippen LogP contribution in [0, 0.1) is 6.92 Å². The van der Waals surface area contributed by atoms with E-state index in [0.717, 1.165) is 39.8 Å². The van der Waals surface area contributed by atoms with E-state index in [0.29, 0.717) is 19.6 Å². The molecule has 0 radical (unpaired) electrons. The number of thiazole rings is 1. The van der Waals surface area contributed by atoms with Gasteiger partial charge in [-0.25, -0.2) is 4.98 Å². The predicted octanol–water partition coefficient (Wildman–Crippen LogP) is 5.89. The zero-order valence-electron chi connectivity index (χ0n) is 19.2. The maximum absolute atomic E-state index is 13.2. The van der Waals surface area contributed by atoms with Crippen LogP contribution in [0.4, 0.5) is 5.13 Å². The second-order valence-electron chi connectivity index (χ2n) is 7.65. The van der Waals surface area contributed by atoms with Gasteiger partial charge in [-0.1, -0.05) is 35.1 Å². The molecule has 0 bridgehead atoms. The van der Waals surface area contributed by atoms with Gasteiger partial charge < -0.3 is 9.64 Å². The molecule has 8 heteroatoms. The highest BCUT2D eigenvalue weighted by molar-refractivity contribution is 7.99. The van der Waals surface area contributed by atoms with E-state index in [2.05, 4.69) is 50.2 Å². The third-order valence-electron chi connectivity index (χ3n) is 4.80. The Balaban J connectivity index is 0.00000363. The Hall–Kier alpha value is -1.80. The number of nitrogens with zero attached hydrogens (tertiary/aromatic N) is 3. The van der Waals surface area contributed by atoms with Gasteiger partial charge in [-0.3, -0.25) is 9.69 Å². The number of hydrogen-bond acceptors (Lipinski definition) is 6. The number of ether oxygens (including phenoxy) is 1. The van der Waals surface area contributed by atoms with Crippen molar-refractivity contribution < 1.29 is 9.53 Å². The fraction of sp³-hybridized carbons (Fsp3) is 0.417. The lowest BCUT2D eigenvalue weighted by molar-refractivity contribution is -0.118.